The van der Waals surface area contributed by atoms with Gasteiger partial charge in [-0.25, -0.2) is 9.97 Å². The fourth-order valence-corrected chi connectivity index (χ4v) is 2.25. The molecule has 1 aliphatic rings. The normalized spacial score (nSPS) is 20.5. The Labute approximate surface area is 95.9 Å². The largest absolute Gasteiger partial charge is 0.352 e. The van der Waals surface area contributed by atoms with E-state index in [1.807, 2.05) is 6.07 Å². The molecule has 1 aliphatic heterocycles. The highest BCUT2D eigenvalue weighted by Gasteiger charge is 2.21. The van der Waals surface area contributed by atoms with Gasteiger partial charge < -0.3 is 4.90 Å². The summed E-state index contributed by atoms with van der Waals surface area (Å²) >= 11 is 0. The maximum atomic E-state index is 8.67. The molecule has 1 unspecified atom stereocenters. The lowest BCUT2D eigenvalue weighted by Crippen LogP contribution is -2.39. The maximum absolute atomic E-state index is 8.67. The second kappa shape index (κ2) is 4.93. The lowest BCUT2D eigenvalue weighted by Gasteiger charge is -2.35. The predicted octanol–water partition coefficient (Wildman–Crippen LogP) is 2.12. The van der Waals surface area contributed by atoms with Gasteiger partial charge in [0.15, 0.2) is 5.69 Å². The van der Waals surface area contributed by atoms with E-state index in [-0.39, 0.29) is 0 Å². The Morgan fingerprint density at radius 2 is 2.31 bits per heavy atom. The van der Waals surface area contributed by atoms with Gasteiger partial charge in [0.1, 0.15) is 11.9 Å². The average molecular weight is 216 g/mol. The molecule has 0 aromatic carbocycles. The average Bonchev–Trinajstić information content (AvgIpc) is 2.39. The van der Waals surface area contributed by atoms with E-state index in [1.165, 1.54) is 19.3 Å². The number of hydrogen-bond acceptors (Lipinski definition) is 4. The molecule has 0 aliphatic carbocycles. The topological polar surface area (TPSA) is 52.8 Å². The minimum absolute atomic E-state index is 0.383. The molecule has 0 bridgehead atoms. The van der Waals surface area contributed by atoms with Crippen molar-refractivity contribution in [2.75, 3.05) is 11.4 Å². The molecule has 4 nitrogen and oxygen atoms in total. The van der Waals surface area contributed by atoms with Crippen molar-refractivity contribution in [3.63, 3.8) is 0 Å². The lowest BCUT2D eigenvalue weighted by molar-refractivity contribution is 0.446. The molecule has 0 amide bonds. The summed E-state index contributed by atoms with van der Waals surface area (Å²) in [6.07, 6.45) is 8.17. The van der Waals surface area contributed by atoms with Crippen LogP contribution in [0.3, 0.4) is 0 Å². The Kier molecular flexibility index (Phi) is 3.35. The molecule has 1 saturated heterocycles. The van der Waals surface area contributed by atoms with Gasteiger partial charge in [-0.3, -0.25) is 0 Å². The highest BCUT2D eigenvalue weighted by Crippen LogP contribution is 2.24. The number of anilines is 1. The molecule has 0 radical (unpaired) electrons. The van der Waals surface area contributed by atoms with E-state index < -0.39 is 0 Å². The van der Waals surface area contributed by atoms with Gasteiger partial charge in [0.2, 0.25) is 0 Å². The summed E-state index contributed by atoms with van der Waals surface area (Å²) in [6.45, 7) is 3.26. The molecule has 4 heteroatoms. The second-order valence-electron chi connectivity index (χ2n) is 4.12. The van der Waals surface area contributed by atoms with Crippen molar-refractivity contribution in [1.29, 1.82) is 5.26 Å². The van der Waals surface area contributed by atoms with Crippen LogP contribution in [0.1, 0.15) is 38.3 Å². The molecule has 2 heterocycles. The zero-order valence-corrected chi connectivity index (χ0v) is 9.56. The Morgan fingerprint density at radius 1 is 1.44 bits per heavy atom. The van der Waals surface area contributed by atoms with Gasteiger partial charge in [0, 0.05) is 12.6 Å². The molecule has 0 N–H and O–H groups in total. The van der Waals surface area contributed by atoms with E-state index >= 15 is 0 Å². The van der Waals surface area contributed by atoms with Crippen LogP contribution in [-0.2, 0) is 0 Å². The Bertz CT molecular complexity index is 379. The molecule has 0 saturated carbocycles. The first-order valence-corrected chi connectivity index (χ1v) is 5.84. The summed E-state index contributed by atoms with van der Waals surface area (Å²) in [5, 5.41) is 8.67. The minimum atomic E-state index is 0.383. The Morgan fingerprint density at radius 3 is 2.94 bits per heavy atom. The van der Waals surface area contributed by atoms with Gasteiger partial charge in [0.05, 0.1) is 12.4 Å². The van der Waals surface area contributed by atoms with E-state index in [2.05, 4.69) is 21.8 Å². The van der Waals surface area contributed by atoms with Crippen molar-refractivity contribution in [2.45, 2.75) is 38.6 Å². The van der Waals surface area contributed by atoms with Crippen LogP contribution in [0.2, 0.25) is 0 Å². The van der Waals surface area contributed by atoms with Crippen LogP contribution in [-0.4, -0.2) is 22.6 Å². The fraction of sp³-hybridized carbons (Fsp3) is 0.583. The third-order valence-electron chi connectivity index (χ3n) is 3.15. The first kappa shape index (κ1) is 10.9. The summed E-state index contributed by atoms with van der Waals surface area (Å²) in [7, 11) is 0. The maximum Gasteiger partial charge on any atom is 0.158 e. The van der Waals surface area contributed by atoms with Crippen LogP contribution in [0.15, 0.2) is 12.4 Å². The highest BCUT2D eigenvalue weighted by molar-refractivity contribution is 5.39. The van der Waals surface area contributed by atoms with Crippen LogP contribution in [0.5, 0.6) is 0 Å². The number of rotatable bonds is 2. The monoisotopic (exact) mass is 216 g/mol. The summed E-state index contributed by atoms with van der Waals surface area (Å²) in [6, 6.07) is 2.57. The zero-order valence-electron chi connectivity index (χ0n) is 9.56. The number of nitriles is 1. The minimum Gasteiger partial charge on any atom is -0.352 e. The molecule has 1 aromatic rings. The molecule has 0 spiro atoms. The van der Waals surface area contributed by atoms with Crippen molar-refractivity contribution < 1.29 is 0 Å². The van der Waals surface area contributed by atoms with Crippen LogP contribution in [0.25, 0.3) is 0 Å². The SMILES string of the molecule is CCC1CCCCN1c1cnc(C#N)cn1. The standard InChI is InChI=1S/C12H16N4/c1-2-11-5-3-4-6-16(11)12-9-14-10(7-13)8-15-12/h8-9,11H,2-6H2,1H3. The van der Waals surface area contributed by atoms with Gasteiger partial charge in [0.25, 0.3) is 0 Å². The first-order valence-electron chi connectivity index (χ1n) is 5.84. The third-order valence-corrected chi connectivity index (χ3v) is 3.15. The molecule has 16 heavy (non-hydrogen) atoms. The van der Waals surface area contributed by atoms with E-state index in [4.69, 9.17) is 5.26 Å². The number of hydrogen-bond donors (Lipinski definition) is 0. The second-order valence-corrected chi connectivity index (χ2v) is 4.12. The molecule has 84 valence electrons. The summed E-state index contributed by atoms with van der Waals surface area (Å²) < 4.78 is 0. The zero-order chi connectivity index (χ0) is 11.4. The van der Waals surface area contributed by atoms with Crippen molar-refractivity contribution in [3.8, 4) is 6.07 Å². The Balaban J connectivity index is 2.18. The number of piperidine rings is 1. The van der Waals surface area contributed by atoms with Crippen LogP contribution < -0.4 is 4.90 Å². The smallest absolute Gasteiger partial charge is 0.158 e. The van der Waals surface area contributed by atoms with Crippen molar-refractivity contribution in [1.82, 2.24) is 9.97 Å². The molecule has 1 aromatic heterocycles. The summed E-state index contributed by atoms with van der Waals surface area (Å²) in [5.41, 5.74) is 0.383. The van der Waals surface area contributed by atoms with Crippen molar-refractivity contribution in [3.05, 3.63) is 18.1 Å². The molecule has 1 atom stereocenters. The van der Waals surface area contributed by atoms with Crippen LogP contribution >= 0.6 is 0 Å². The molecule has 2 rings (SSSR count). The predicted molar refractivity (Wildman–Crippen MR) is 62.0 cm³/mol. The number of nitrogens with zero attached hydrogens (tertiary/aromatic N) is 4. The van der Waals surface area contributed by atoms with Gasteiger partial charge in [-0.1, -0.05) is 6.92 Å². The highest BCUT2D eigenvalue weighted by atomic mass is 15.2. The van der Waals surface area contributed by atoms with E-state index in [9.17, 15) is 0 Å². The lowest BCUT2D eigenvalue weighted by atomic mass is 10.0. The van der Waals surface area contributed by atoms with E-state index in [1.54, 1.807) is 12.4 Å². The van der Waals surface area contributed by atoms with Crippen LogP contribution in [0.4, 0.5) is 5.82 Å². The first-order chi connectivity index (χ1) is 7.85. The van der Waals surface area contributed by atoms with Gasteiger partial charge >= 0.3 is 0 Å². The molecule has 1 fully saturated rings. The van der Waals surface area contributed by atoms with Crippen molar-refractivity contribution in [2.24, 2.45) is 0 Å². The fourth-order valence-electron chi connectivity index (χ4n) is 2.25. The number of aromatic nitrogens is 2. The summed E-state index contributed by atoms with van der Waals surface area (Å²) in [5.74, 6) is 0.908. The van der Waals surface area contributed by atoms with E-state index in [0.29, 0.717) is 11.7 Å². The Hall–Kier alpha value is -1.63. The molecular weight excluding hydrogens is 200 g/mol. The van der Waals surface area contributed by atoms with Gasteiger partial charge in [-0.05, 0) is 25.7 Å². The van der Waals surface area contributed by atoms with Gasteiger partial charge in [-0.15, -0.1) is 0 Å². The summed E-state index contributed by atoms with van der Waals surface area (Å²) in [4.78, 5) is 10.7. The van der Waals surface area contributed by atoms with Crippen molar-refractivity contribution >= 4 is 5.82 Å². The van der Waals surface area contributed by atoms with Crippen LogP contribution in [0, 0.1) is 11.3 Å². The van der Waals surface area contributed by atoms with Gasteiger partial charge in [-0.2, -0.15) is 5.26 Å². The van der Waals surface area contributed by atoms with E-state index in [0.717, 1.165) is 18.8 Å². The quantitative estimate of drug-likeness (QED) is 0.759. The molecular formula is C12H16N4. The third kappa shape index (κ3) is 2.13.